The maximum atomic E-state index is 13.0. The normalized spacial score (nSPS) is 11.5. The highest BCUT2D eigenvalue weighted by Gasteiger charge is 2.24. The molecule has 0 bridgehead atoms. The first kappa shape index (κ1) is 15.4. The summed E-state index contributed by atoms with van der Waals surface area (Å²) in [6.45, 7) is -0.180. The van der Waals surface area contributed by atoms with Gasteiger partial charge in [-0.25, -0.2) is 22.3 Å². The predicted molar refractivity (Wildman–Crippen MR) is 71.0 cm³/mol. The summed E-state index contributed by atoms with van der Waals surface area (Å²) in [6.07, 6.45) is 0.895. The van der Waals surface area contributed by atoms with Gasteiger partial charge in [0.15, 0.2) is 5.03 Å². The van der Waals surface area contributed by atoms with Crippen LogP contribution in [0.3, 0.4) is 0 Å². The average molecular weight is 334 g/mol. The quantitative estimate of drug-likeness (QED) is 0.765. The highest BCUT2D eigenvalue weighted by Crippen LogP contribution is 2.17. The van der Waals surface area contributed by atoms with Gasteiger partial charge in [0.05, 0.1) is 11.2 Å². The number of H-pyrrole nitrogens is 1. The molecular formula is C11H9ClFN3O4S. The molecule has 10 heteroatoms. The van der Waals surface area contributed by atoms with Crippen LogP contribution in [0.4, 0.5) is 4.39 Å². The van der Waals surface area contributed by atoms with E-state index in [1.54, 1.807) is 0 Å². The van der Waals surface area contributed by atoms with E-state index < -0.39 is 32.4 Å². The number of halogens is 2. The summed E-state index contributed by atoms with van der Waals surface area (Å²) in [7, 11) is -4.10. The van der Waals surface area contributed by atoms with Crippen molar-refractivity contribution in [3.63, 3.8) is 0 Å². The Morgan fingerprint density at radius 2 is 2.19 bits per heavy atom. The largest absolute Gasteiger partial charge is 0.478 e. The van der Waals surface area contributed by atoms with Crippen molar-refractivity contribution in [1.82, 2.24) is 14.9 Å². The molecule has 1 aromatic carbocycles. The molecule has 0 aliphatic heterocycles. The number of rotatable bonds is 5. The van der Waals surface area contributed by atoms with Crippen molar-refractivity contribution >= 4 is 27.6 Å². The van der Waals surface area contributed by atoms with Gasteiger partial charge in [-0.1, -0.05) is 17.7 Å². The van der Waals surface area contributed by atoms with Crippen LogP contribution in [0.2, 0.25) is 5.02 Å². The Morgan fingerprint density at radius 3 is 2.81 bits per heavy atom. The molecule has 1 aromatic heterocycles. The van der Waals surface area contributed by atoms with Crippen molar-refractivity contribution in [2.45, 2.75) is 11.6 Å². The third-order valence-electron chi connectivity index (χ3n) is 2.55. The molecular weight excluding hydrogens is 325 g/mol. The Labute approximate surface area is 123 Å². The number of aromatic carboxylic acids is 1. The minimum absolute atomic E-state index is 0.139. The zero-order chi connectivity index (χ0) is 15.6. The molecule has 3 N–H and O–H groups in total. The van der Waals surface area contributed by atoms with Crippen LogP contribution in [0.5, 0.6) is 0 Å². The van der Waals surface area contributed by atoms with E-state index in [-0.39, 0.29) is 11.6 Å². The van der Waals surface area contributed by atoms with Crippen LogP contribution in [0.25, 0.3) is 0 Å². The molecule has 2 rings (SSSR count). The Balaban J connectivity index is 2.20. The van der Waals surface area contributed by atoms with Gasteiger partial charge in [0.1, 0.15) is 11.4 Å². The Kier molecular flexibility index (Phi) is 4.26. The molecule has 0 spiro atoms. The summed E-state index contributed by atoms with van der Waals surface area (Å²) in [5.74, 6) is -2.04. The topological polar surface area (TPSA) is 112 Å². The van der Waals surface area contributed by atoms with E-state index >= 15 is 0 Å². The molecule has 0 saturated heterocycles. The molecule has 0 radical (unpaired) electrons. The van der Waals surface area contributed by atoms with Crippen LogP contribution in [-0.2, 0) is 16.6 Å². The number of aromatic amines is 1. The number of carbonyl (C=O) groups is 1. The molecule has 112 valence electrons. The first-order chi connectivity index (χ1) is 9.81. The Hall–Kier alpha value is -1.97. The molecule has 1 heterocycles. The number of carboxylic acid groups (broad SMARTS) is 1. The van der Waals surface area contributed by atoms with Crippen molar-refractivity contribution in [3.8, 4) is 0 Å². The fourth-order valence-electron chi connectivity index (χ4n) is 1.53. The number of sulfonamides is 1. The lowest BCUT2D eigenvalue weighted by Crippen LogP contribution is -2.25. The molecule has 0 atom stereocenters. The lowest BCUT2D eigenvalue weighted by Gasteiger charge is -2.06. The van der Waals surface area contributed by atoms with Gasteiger partial charge in [-0.3, -0.25) is 5.10 Å². The van der Waals surface area contributed by atoms with Gasteiger partial charge in [0.2, 0.25) is 0 Å². The maximum Gasteiger partial charge on any atom is 0.340 e. The number of nitrogens with one attached hydrogen (secondary N) is 2. The second-order valence-electron chi connectivity index (χ2n) is 3.99. The summed E-state index contributed by atoms with van der Waals surface area (Å²) in [5, 5.41) is 13.7. The van der Waals surface area contributed by atoms with E-state index in [0.29, 0.717) is 5.56 Å². The fourth-order valence-corrected chi connectivity index (χ4v) is 2.84. The number of nitrogens with zero attached hydrogens (tertiary/aromatic N) is 1. The Bertz CT molecular complexity index is 791. The molecule has 21 heavy (non-hydrogen) atoms. The molecule has 0 aliphatic carbocycles. The fraction of sp³-hybridized carbons (Fsp3) is 0.0909. The van der Waals surface area contributed by atoms with Crippen LogP contribution in [0.1, 0.15) is 15.9 Å². The summed E-state index contributed by atoms with van der Waals surface area (Å²) >= 11 is 5.58. The molecule has 7 nitrogen and oxygen atoms in total. The van der Waals surface area contributed by atoms with Crippen molar-refractivity contribution in [2.24, 2.45) is 0 Å². The SMILES string of the molecule is O=C(O)c1cn[nH]c1S(=O)(=O)NCc1ccc(F)c(Cl)c1. The molecule has 0 saturated carbocycles. The van der Waals surface area contributed by atoms with E-state index in [4.69, 9.17) is 16.7 Å². The van der Waals surface area contributed by atoms with Crippen LogP contribution in [0, 0.1) is 5.82 Å². The molecule has 0 unspecified atom stereocenters. The first-order valence-electron chi connectivity index (χ1n) is 5.51. The lowest BCUT2D eigenvalue weighted by molar-refractivity contribution is 0.0692. The second kappa shape index (κ2) is 5.80. The van der Waals surface area contributed by atoms with E-state index in [1.807, 2.05) is 0 Å². The number of aromatic nitrogens is 2. The van der Waals surface area contributed by atoms with Crippen LogP contribution in [-0.4, -0.2) is 29.7 Å². The minimum Gasteiger partial charge on any atom is -0.478 e. The standard InChI is InChI=1S/C11H9ClFN3O4S/c12-8-3-6(1-2-9(8)13)4-15-21(19,20)10-7(11(17)18)5-14-16-10/h1-3,5,15H,4H2,(H,14,16)(H,17,18). The van der Waals surface area contributed by atoms with Gasteiger partial charge >= 0.3 is 5.97 Å². The number of carboxylic acids is 1. The van der Waals surface area contributed by atoms with Crippen LogP contribution < -0.4 is 4.72 Å². The van der Waals surface area contributed by atoms with E-state index in [0.717, 1.165) is 12.3 Å². The summed E-state index contributed by atoms with van der Waals surface area (Å²) < 4.78 is 39.1. The maximum absolute atomic E-state index is 13.0. The summed E-state index contributed by atoms with van der Waals surface area (Å²) in [5.41, 5.74) is -0.0546. The van der Waals surface area contributed by atoms with Gasteiger partial charge in [-0.05, 0) is 17.7 Å². The van der Waals surface area contributed by atoms with Gasteiger partial charge in [0.25, 0.3) is 10.0 Å². The van der Waals surface area contributed by atoms with Crippen LogP contribution in [0.15, 0.2) is 29.4 Å². The zero-order valence-electron chi connectivity index (χ0n) is 10.3. The van der Waals surface area contributed by atoms with Crippen LogP contribution >= 0.6 is 11.6 Å². The van der Waals surface area contributed by atoms with Gasteiger partial charge in [0, 0.05) is 6.54 Å². The first-order valence-corrected chi connectivity index (χ1v) is 7.37. The van der Waals surface area contributed by atoms with Crippen molar-refractivity contribution in [1.29, 1.82) is 0 Å². The minimum atomic E-state index is -4.10. The average Bonchev–Trinajstić information content (AvgIpc) is 2.90. The predicted octanol–water partition coefficient (Wildman–Crippen LogP) is 1.38. The van der Waals surface area contributed by atoms with Gasteiger partial charge < -0.3 is 5.11 Å². The third-order valence-corrected chi connectivity index (χ3v) is 4.22. The number of benzene rings is 1. The van der Waals surface area contributed by atoms with E-state index in [9.17, 15) is 17.6 Å². The van der Waals surface area contributed by atoms with Gasteiger partial charge in [-0.2, -0.15) is 5.10 Å². The van der Waals surface area contributed by atoms with Gasteiger partial charge in [-0.15, -0.1) is 0 Å². The van der Waals surface area contributed by atoms with E-state index in [1.165, 1.54) is 12.1 Å². The molecule has 0 fully saturated rings. The number of hydrogen-bond acceptors (Lipinski definition) is 4. The molecule has 2 aromatic rings. The smallest absolute Gasteiger partial charge is 0.340 e. The monoisotopic (exact) mass is 333 g/mol. The van der Waals surface area contributed by atoms with Crippen molar-refractivity contribution < 1.29 is 22.7 Å². The molecule has 0 amide bonds. The highest BCUT2D eigenvalue weighted by atomic mass is 35.5. The lowest BCUT2D eigenvalue weighted by atomic mass is 10.2. The van der Waals surface area contributed by atoms with Crippen molar-refractivity contribution in [2.75, 3.05) is 0 Å². The zero-order valence-corrected chi connectivity index (χ0v) is 11.9. The van der Waals surface area contributed by atoms with E-state index in [2.05, 4.69) is 14.9 Å². The third kappa shape index (κ3) is 3.38. The summed E-state index contributed by atoms with van der Waals surface area (Å²) in [6, 6.07) is 3.73. The molecule has 0 aliphatic rings. The Morgan fingerprint density at radius 1 is 1.48 bits per heavy atom. The van der Waals surface area contributed by atoms with Crippen molar-refractivity contribution in [3.05, 3.63) is 46.4 Å². The summed E-state index contributed by atoms with van der Waals surface area (Å²) in [4.78, 5) is 10.9. The second-order valence-corrected chi connectivity index (χ2v) is 6.10. The number of hydrogen-bond donors (Lipinski definition) is 3. The highest BCUT2D eigenvalue weighted by molar-refractivity contribution is 7.89.